The van der Waals surface area contributed by atoms with Crippen LogP contribution in [-0.4, -0.2) is 62.7 Å². The van der Waals surface area contributed by atoms with Crippen LogP contribution in [0.3, 0.4) is 0 Å². The van der Waals surface area contributed by atoms with Gasteiger partial charge in [0.15, 0.2) is 5.16 Å². The monoisotopic (exact) mass is 361 g/mol. The third-order valence-electron chi connectivity index (χ3n) is 4.24. The molecule has 0 amide bonds. The zero-order chi connectivity index (χ0) is 17.6. The molecule has 1 aliphatic rings. The highest BCUT2D eigenvalue weighted by Crippen LogP contribution is 2.23. The van der Waals surface area contributed by atoms with Crippen LogP contribution in [0.2, 0.25) is 0 Å². The smallest absolute Gasteiger partial charge is 0.313 e. The quantitative estimate of drug-likeness (QED) is 0.754. The van der Waals surface area contributed by atoms with Crippen molar-refractivity contribution in [1.82, 2.24) is 19.7 Å². The van der Waals surface area contributed by atoms with Gasteiger partial charge in [-0.1, -0.05) is 42.1 Å². The second-order valence-electron chi connectivity index (χ2n) is 5.96. The topological polar surface area (TPSA) is 74.5 Å². The molecule has 1 fully saturated rings. The molecule has 0 saturated carbocycles. The molecule has 8 heteroatoms. The zero-order valence-electron chi connectivity index (χ0n) is 14.3. The van der Waals surface area contributed by atoms with Gasteiger partial charge in [-0.3, -0.25) is 14.3 Å². The zero-order valence-corrected chi connectivity index (χ0v) is 15.2. The van der Waals surface area contributed by atoms with E-state index in [0.29, 0.717) is 5.16 Å². The van der Waals surface area contributed by atoms with Gasteiger partial charge in [-0.05, 0) is 12.5 Å². The van der Waals surface area contributed by atoms with Crippen LogP contribution in [0.4, 0.5) is 5.95 Å². The molecule has 134 valence electrons. The lowest BCUT2D eigenvalue weighted by molar-refractivity contribution is -0.133. The summed E-state index contributed by atoms with van der Waals surface area (Å²) in [6, 6.07) is 10.5. The lowest BCUT2D eigenvalue weighted by atomic mass is 10.2. The fourth-order valence-electron chi connectivity index (χ4n) is 2.97. The highest BCUT2D eigenvalue weighted by molar-refractivity contribution is 7.99. The minimum Gasteiger partial charge on any atom is -0.481 e. The van der Waals surface area contributed by atoms with Crippen LogP contribution >= 0.6 is 11.8 Å². The third kappa shape index (κ3) is 4.52. The van der Waals surface area contributed by atoms with Crippen molar-refractivity contribution in [2.45, 2.75) is 25.2 Å². The second kappa shape index (κ2) is 8.35. The number of piperazine rings is 1. The van der Waals surface area contributed by atoms with E-state index >= 15 is 0 Å². The molecule has 1 aromatic carbocycles. The molecule has 2 heterocycles. The Bertz CT molecular complexity index is 698. The standard InChI is InChI=1S/C17H23N5O2S/c1-2-22-16(18-19-17(22)25-13-15(23)24)21-10-8-20(9-11-21)12-14-6-4-3-5-7-14/h3-7H,2,8-13H2,1H3,(H,23,24). The first-order chi connectivity index (χ1) is 12.2. The molecule has 3 rings (SSSR count). The van der Waals surface area contributed by atoms with Crippen molar-refractivity contribution in [3.63, 3.8) is 0 Å². The van der Waals surface area contributed by atoms with Gasteiger partial charge in [0.25, 0.3) is 0 Å². The molecule has 7 nitrogen and oxygen atoms in total. The number of aliphatic carboxylic acids is 1. The molecular formula is C17H23N5O2S. The molecule has 0 spiro atoms. The van der Waals surface area contributed by atoms with E-state index in [2.05, 4.69) is 44.3 Å². The second-order valence-corrected chi connectivity index (χ2v) is 6.90. The first-order valence-corrected chi connectivity index (χ1v) is 9.45. The first kappa shape index (κ1) is 17.8. The third-order valence-corrected chi connectivity index (χ3v) is 5.19. The Hall–Kier alpha value is -2.06. The molecule has 0 unspecified atom stereocenters. The van der Waals surface area contributed by atoms with Crippen molar-refractivity contribution in [1.29, 1.82) is 0 Å². The normalized spacial score (nSPS) is 15.5. The Balaban J connectivity index is 1.60. The van der Waals surface area contributed by atoms with Crippen molar-refractivity contribution >= 4 is 23.7 Å². The summed E-state index contributed by atoms with van der Waals surface area (Å²) in [6.07, 6.45) is 0. The Morgan fingerprint density at radius 1 is 1.16 bits per heavy atom. The predicted octanol–water partition coefficient (Wildman–Crippen LogP) is 1.80. The largest absolute Gasteiger partial charge is 0.481 e. The number of carboxylic acid groups (broad SMARTS) is 1. The average molecular weight is 361 g/mol. The van der Waals surface area contributed by atoms with Crippen LogP contribution in [-0.2, 0) is 17.9 Å². The van der Waals surface area contributed by atoms with Gasteiger partial charge < -0.3 is 10.0 Å². The highest BCUT2D eigenvalue weighted by Gasteiger charge is 2.23. The van der Waals surface area contributed by atoms with E-state index in [4.69, 9.17) is 5.11 Å². The molecule has 0 atom stereocenters. The summed E-state index contributed by atoms with van der Waals surface area (Å²) in [5.41, 5.74) is 1.33. The summed E-state index contributed by atoms with van der Waals surface area (Å²) in [5, 5.41) is 18.0. The first-order valence-electron chi connectivity index (χ1n) is 8.46. The van der Waals surface area contributed by atoms with E-state index in [0.717, 1.165) is 45.2 Å². The van der Waals surface area contributed by atoms with E-state index in [1.165, 1.54) is 17.3 Å². The Morgan fingerprint density at radius 2 is 1.88 bits per heavy atom. The maximum atomic E-state index is 10.8. The Kier molecular flexibility index (Phi) is 5.93. The number of hydrogen-bond acceptors (Lipinski definition) is 6. The molecule has 0 radical (unpaired) electrons. The molecule has 1 N–H and O–H groups in total. The maximum Gasteiger partial charge on any atom is 0.313 e. The van der Waals surface area contributed by atoms with Crippen LogP contribution in [0.15, 0.2) is 35.5 Å². The molecule has 0 bridgehead atoms. The minimum absolute atomic E-state index is 0.00296. The number of thioether (sulfide) groups is 1. The Labute approximate surface area is 151 Å². The van der Waals surface area contributed by atoms with Crippen molar-refractivity contribution in [2.75, 3.05) is 36.8 Å². The number of rotatable bonds is 7. The molecule has 1 aromatic heterocycles. The van der Waals surface area contributed by atoms with Gasteiger partial charge in [-0.25, -0.2) is 0 Å². The highest BCUT2D eigenvalue weighted by atomic mass is 32.2. The predicted molar refractivity (Wildman–Crippen MR) is 98.0 cm³/mol. The number of anilines is 1. The van der Waals surface area contributed by atoms with Crippen LogP contribution in [0.1, 0.15) is 12.5 Å². The fourth-order valence-corrected chi connectivity index (χ4v) is 3.69. The number of hydrogen-bond donors (Lipinski definition) is 1. The molecule has 0 aliphatic carbocycles. The van der Waals surface area contributed by atoms with Crippen molar-refractivity contribution < 1.29 is 9.90 Å². The molecule has 25 heavy (non-hydrogen) atoms. The van der Waals surface area contributed by atoms with Crippen molar-refractivity contribution in [3.05, 3.63) is 35.9 Å². The van der Waals surface area contributed by atoms with Gasteiger partial charge >= 0.3 is 5.97 Å². The van der Waals surface area contributed by atoms with Gasteiger partial charge in [-0.15, -0.1) is 10.2 Å². The van der Waals surface area contributed by atoms with Crippen LogP contribution < -0.4 is 4.90 Å². The van der Waals surface area contributed by atoms with Gasteiger partial charge in [0.1, 0.15) is 0 Å². The number of carboxylic acids is 1. The summed E-state index contributed by atoms with van der Waals surface area (Å²) in [4.78, 5) is 15.5. The Morgan fingerprint density at radius 3 is 2.52 bits per heavy atom. The van der Waals surface area contributed by atoms with Crippen molar-refractivity contribution in [3.8, 4) is 0 Å². The molecular weight excluding hydrogens is 338 g/mol. The number of carbonyl (C=O) groups is 1. The van der Waals surface area contributed by atoms with Crippen molar-refractivity contribution in [2.24, 2.45) is 0 Å². The number of benzene rings is 1. The molecule has 1 aliphatic heterocycles. The van der Waals surface area contributed by atoms with Crippen LogP contribution in [0.25, 0.3) is 0 Å². The minimum atomic E-state index is -0.841. The number of nitrogens with zero attached hydrogens (tertiary/aromatic N) is 5. The van der Waals surface area contributed by atoms with E-state index in [-0.39, 0.29) is 5.75 Å². The maximum absolute atomic E-state index is 10.8. The average Bonchev–Trinajstić information content (AvgIpc) is 3.04. The van der Waals surface area contributed by atoms with Gasteiger partial charge in [-0.2, -0.15) is 0 Å². The number of aromatic nitrogens is 3. The van der Waals surface area contributed by atoms with E-state index in [1.807, 2.05) is 17.6 Å². The summed E-state index contributed by atoms with van der Waals surface area (Å²) >= 11 is 1.22. The van der Waals surface area contributed by atoms with Gasteiger partial charge in [0.05, 0.1) is 5.75 Å². The van der Waals surface area contributed by atoms with E-state index in [1.54, 1.807) is 0 Å². The molecule has 2 aromatic rings. The lowest BCUT2D eigenvalue weighted by Gasteiger charge is -2.35. The summed E-state index contributed by atoms with van der Waals surface area (Å²) < 4.78 is 2.00. The lowest BCUT2D eigenvalue weighted by Crippen LogP contribution is -2.46. The van der Waals surface area contributed by atoms with Crippen LogP contribution in [0.5, 0.6) is 0 Å². The van der Waals surface area contributed by atoms with Crippen LogP contribution in [0, 0.1) is 0 Å². The molecule has 1 saturated heterocycles. The summed E-state index contributed by atoms with van der Waals surface area (Å²) in [7, 11) is 0. The summed E-state index contributed by atoms with van der Waals surface area (Å²) in [5.74, 6) is 0.00433. The fraction of sp³-hybridized carbons (Fsp3) is 0.471. The summed E-state index contributed by atoms with van der Waals surface area (Å²) in [6.45, 7) is 7.47. The van der Waals surface area contributed by atoms with E-state index < -0.39 is 5.97 Å². The van der Waals surface area contributed by atoms with E-state index in [9.17, 15) is 4.79 Å². The van der Waals surface area contributed by atoms with Gasteiger partial charge in [0, 0.05) is 39.3 Å². The van der Waals surface area contributed by atoms with Gasteiger partial charge in [0.2, 0.25) is 5.95 Å². The SMILES string of the molecule is CCn1c(SCC(=O)O)nnc1N1CCN(Cc2ccccc2)CC1.